The van der Waals surface area contributed by atoms with Crippen molar-refractivity contribution in [3.63, 3.8) is 0 Å². The molecule has 0 atom stereocenters. The van der Waals surface area contributed by atoms with E-state index >= 15 is 0 Å². The zero-order chi connectivity index (χ0) is 8.10. The van der Waals surface area contributed by atoms with Crippen LogP contribution in [0.5, 0.6) is 0 Å². The SMILES string of the molecule is Cc1ccc(C[CH2][Mg][Br])cc1. The van der Waals surface area contributed by atoms with Gasteiger partial charge in [0.05, 0.1) is 0 Å². The van der Waals surface area contributed by atoms with Crippen LogP contribution in [-0.4, -0.2) is 18.2 Å². The topological polar surface area (TPSA) is 0 Å². The summed E-state index contributed by atoms with van der Waals surface area (Å²) in [6.07, 6.45) is 1.25. The van der Waals surface area contributed by atoms with Crippen molar-refractivity contribution in [1.82, 2.24) is 0 Å². The van der Waals surface area contributed by atoms with E-state index in [1.54, 1.807) is 0 Å². The minimum absolute atomic E-state index is 0.0730. The Labute approximate surface area is 84.0 Å². The van der Waals surface area contributed by atoms with Crippen LogP contribution in [0.1, 0.15) is 11.1 Å². The summed E-state index contributed by atoms with van der Waals surface area (Å²) in [7, 11) is 0. The molecule has 0 saturated carbocycles. The maximum atomic E-state index is 3.56. The molecule has 2 heteroatoms. The Morgan fingerprint density at radius 1 is 1.27 bits per heavy atom. The van der Waals surface area contributed by atoms with E-state index in [4.69, 9.17) is 0 Å². The number of rotatable bonds is 3. The van der Waals surface area contributed by atoms with E-state index in [1.807, 2.05) is 0 Å². The molecule has 0 N–H and O–H groups in total. The van der Waals surface area contributed by atoms with Crippen molar-refractivity contribution in [2.24, 2.45) is 0 Å². The molecule has 0 aliphatic carbocycles. The predicted molar refractivity (Wildman–Crippen MR) is 54.4 cm³/mol. The normalized spacial score (nSPS) is 9.27. The Morgan fingerprint density at radius 3 is 2.45 bits per heavy atom. The molecule has 0 fully saturated rings. The van der Waals surface area contributed by atoms with Gasteiger partial charge in [-0.2, -0.15) is 0 Å². The maximum absolute atomic E-state index is 3.56. The van der Waals surface area contributed by atoms with Crippen LogP contribution in [0.3, 0.4) is 0 Å². The van der Waals surface area contributed by atoms with E-state index in [1.165, 1.54) is 22.1 Å². The van der Waals surface area contributed by atoms with Gasteiger partial charge in [0.2, 0.25) is 0 Å². The van der Waals surface area contributed by atoms with Gasteiger partial charge < -0.3 is 12.9 Å². The average molecular weight is 223 g/mol. The summed E-state index contributed by atoms with van der Waals surface area (Å²) in [4.78, 5) is 0. The van der Waals surface area contributed by atoms with E-state index in [0.29, 0.717) is 0 Å². The molecule has 0 spiro atoms. The van der Waals surface area contributed by atoms with Crippen LogP contribution in [0, 0.1) is 6.92 Å². The molecule has 0 aliphatic heterocycles. The van der Waals surface area contributed by atoms with E-state index in [-0.39, 0.29) is 18.2 Å². The number of hydrogen-bond donors (Lipinski definition) is 0. The first-order valence-electron chi connectivity index (χ1n) is 3.94. The average Bonchev–Trinajstić information content (AvgIpc) is 2.04. The zero-order valence-electron chi connectivity index (χ0n) is 6.81. The highest BCUT2D eigenvalue weighted by atomic mass is 79.9. The molecule has 56 valence electrons. The van der Waals surface area contributed by atoms with Gasteiger partial charge in [-0.3, -0.25) is 0 Å². The minimum Gasteiger partial charge on any atom is -0.307 e. The van der Waals surface area contributed by atoms with Crippen LogP contribution in [0.15, 0.2) is 24.3 Å². The van der Waals surface area contributed by atoms with Gasteiger partial charge in [0.1, 0.15) is 0 Å². The summed E-state index contributed by atoms with van der Waals surface area (Å²) in [5.74, 6) is 0. The quantitative estimate of drug-likeness (QED) is 0.691. The van der Waals surface area contributed by atoms with Gasteiger partial charge in [-0.05, 0) is 13.3 Å². The Bertz CT molecular complexity index is 205. The summed E-state index contributed by atoms with van der Waals surface area (Å²) < 4.78 is 1.36. The number of aryl methyl sites for hydroxylation is 2. The van der Waals surface area contributed by atoms with Gasteiger partial charge in [0.25, 0.3) is 0 Å². The largest absolute Gasteiger partial charge is 0.468 e. The standard InChI is InChI=1S/C9H11.BrH.Mg/c1-3-9-6-4-8(2)5-7-9;;/h4-7H,1,3H2,2H3;1H;/q;;+1/p-1. The fraction of sp³-hybridized carbons (Fsp3) is 0.333. The van der Waals surface area contributed by atoms with Crippen LogP contribution in [0.2, 0.25) is 4.55 Å². The zero-order valence-corrected chi connectivity index (χ0v) is 9.81. The fourth-order valence-electron chi connectivity index (χ4n) is 1.03. The first-order chi connectivity index (χ1) is 5.33. The summed E-state index contributed by atoms with van der Waals surface area (Å²) in [5, 5.41) is 0. The monoisotopic (exact) mass is 222 g/mol. The van der Waals surface area contributed by atoms with E-state index < -0.39 is 0 Å². The Hall–Kier alpha value is 0.466. The molecule has 0 aromatic heterocycles. The van der Waals surface area contributed by atoms with Gasteiger partial charge in [0.15, 0.2) is 0 Å². The highest BCUT2D eigenvalue weighted by Crippen LogP contribution is 2.06. The minimum atomic E-state index is 0.0730. The lowest BCUT2D eigenvalue weighted by Gasteiger charge is -1.98. The lowest BCUT2D eigenvalue weighted by atomic mass is 10.1. The lowest BCUT2D eigenvalue weighted by molar-refractivity contribution is 1.13. The number of hydrogen-bond acceptors (Lipinski definition) is 0. The van der Waals surface area contributed by atoms with Crippen molar-refractivity contribution in [1.29, 1.82) is 0 Å². The van der Waals surface area contributed by atoms with Crippen molar-refractivity contribution in [3.8, 4) is 0 Å². The molecule has 0 saturated heterocycles. The molecule has 11 heavy (non-hydrogen) atoms. The van der Waals surface area contributed by atoms with E-state index in [2.05, 4.69) is 44.1 Å². The van der Waals surface area contributed by atoms with Gasteiger partial charge in [-0.1, -0.05) is 35.4 Å². The molecule has 0 radical (unpaired) electrons. The molecule has 0 heterocycles. The van der Waals surface area contributed by atoms with Crippen LogP contribution in [-0.2, 0) is 6.42 Å². The lowest BCUT2D eigenvalue weighted by Crippen LogP contribution is -1.86. The third kappa shape index (κ3) is 3.58. The van der Waals surface area contributed by atoms with Crippen molar-refractivity contribution in [2.45, 2.75) is 17.9 Å². The van der Waals surface area contributed by atoms with E-state index in [9.17, 15) is 0 Å². The smallest absolute Gasteiger partial charge is 0.307 e. The van der Waals surface area contributed by atoms with Crippen LogP contribution < -0.4 is 0 Å². The molecule has 1 aromatic rings. The van der Waals surface area contributed by atoms with Crippen molar-refractivity contribution < 1.29 is 0 Å². The van der Waals surface area contributed by atoms with Crippen LogP contribution in [0.25, 0.3) is 0 Å². The third-order valence-electron chi connectivity index (χ3n) is 1.72. The number of halogens is 1. The molecule has 1 aromatic carbocycles. The van der Waals surface area contributed by atoms with Gasteiger partial charge in [-0.25, -0.2) is 0 Å². The predicted octanol–water partition coefficient (Wildman–Crippen LogP) is 2.97. The summed E-state index contributed by atoms with van der Waals surface area (Å²) in [6.45, 7) is 2.13. The molecule has 0 amide bonds. The van der Waals surface area contributed by atoms with Gasteiger partial charge in [-0.15, -0.1) is 4.55 Å². The van der Waals surface area contributed by atoms with Gasteiger partial charge >= 0.3 is 18.2 Å². The molecular formula is C9H11BrMg. The molecule has 1 rings (SSSR count). The second-order valence-electron chi connectivity index (χ2n) is 2.78. The molecule has 0 bridgehead atoms. The molecule has 0 aliphatic rings. The van der Waals surface area contributed by atoms with E-state index in [0.717, 1.165) is 0 Å². The highest BCUT2D eigenvalue weighted by Gasteiger charge is 1.93. The van der Waals surface area contributed by atoms with Crippen molar-refractivity contribution in [3.05, 3.63) is 35.4 Å². The third-order valence-corrected chi connectivity index (χ3v) is 4.02. The molecule has 0 nitrogen and oxygen atoms in total. The summed E-state index contributed by atoms with van der Waals surface area (Å²) in [6, 6.07) is 8.83. The fourth-order valence-corrected chi connectivity index (χ4v) is 2.41. The second kappa shape index (κ2) is 5.17. The van der Waals surface area contributed by atoms with Crippen LogP contribution in [0.4, 0.5) is 0 Å². The first kappa shape index (κ1) is 9.55. The van der Waals surface area contributed by atoms with Crippen molar-refractivity contribution >= 4 is 31.1 Å². The van der Waals surface area contributed by atoms with Crippen molar-refractivity contribution in [2.75, 3.05) is 0 Å². The molecular weight excluding hydrogens is 212 g/mol. The Balaban J connectivity index is 2.52. The van der Waals surface area contributed by atoms with Crippen LogP contribution >= 0.6 is 12.9 Å². The first-order valence-corrected chi connectivity index (χ1v) is 8.84. The second-order valence-corrected chi connectivity index (χ2v) is 6.24. The number of benzene rings is 1. The Kier molecular flexibility index (Phi) is 4.49. The highest BCUT2D eigenvalue weighted by molar-refractivity contribution is 9.23. The molecule has 0 unspecified atom stereocenters. The van der Waals surface area contributed by atoms with Gasteiger partial charge in [0, 0.05) is 0 Å². The summed E-state index contributed by atoms with van der Waals surface area (Å²) in [5.41, 5.74) is 2.83. The maximum Gasteiger partial charge on any atom is 0.468 e. The summed E-state index contributed by atoms with van der Waals surface area (Å²) >= 11 is 3.63. The Morgan fingerprint density at radius 2 is 1.91 bits per heavy atom.